The Morgan fingerprint density at radius 3 is 2.34 bits per heavy atom. The van der Waals surface area contributed by atoms with Gasteiger partial charge in [0.2, 0.25) is 15.9 Å². The van der Waals surface area contributed by atoms with E-state index in [1.54, 1.807) is 6.92 Å². The maximum Gasteiger partial charge on any atom is 0.271 e. The molecule has 0 aromatic heterocycles. The predicted molar refractivity (Wildman–Crippen MR) is 112 cm³/mol. The van der Waals surface area contributed by atoms with Crippen LogP contribution in [-0.2, 0) is 14.8 Å². The van der Waals surface area contributed by atoms with Crippen molar-refractivity contribution in [2.45, 2.75) is 33.7 Å². The zero-order valence-corrected chi connectivity index (χ0v) is 17.9. The summed E-state index contributed by atoms with van der Waals surface area (Å²) in [6.45, 7) is 6.90. The van der Waals surface area contributed by atoms with Crippen LogP contribution in [0.3, 0.4) is 0 Å². The molecule has 9 heteroatoms. The van der Waals surface area contributed by atoms with Crippen LogP contribution in [0, 0.1) is 30.9 Å². The molecule has 156 valence electrons. The van der Waals surface area contributed by atoms with Gasteiger partial charge in [0, 0.05) is 12.1 Å². The number of carbonyl (C=O) groups excluding carboxylic acids is 1. The molecule has 2 aromatic carbocycles. The van der Waals surface area contributed by atoms with E-state index in [0.29, 0.717) is 5.56 Å². The van der Waals surface area contributed by atoms with Crippen molar-refractivity contribution in [3.05, 3.63) is 68.8 Å². The quantitative estimate of drug-likeness (QED) is 0.548. The van der Waals surface area contributed by atoms with Crippen LogP contribution in [0.2, 0.25) is 0 Å². The number of benzene rings is 2. The van der Waals surface area contributed by atoms with E-state index in [2.05, 4.69) is 5.32 Å². The fourth-order valence-electron chi connectivity index (χ4n) is 3.17. The molecule has 1 atom stereocenters. The van der Waals surface area contributed by atoms with Crippen LogP contribution in [0.4, 0.5) is 11.4 Å². The van der Waals surface area contributed by atoms with Crippen molar-refractivity contribution in [3.63, 3.8) is 0 Å². The average Bonchev–Trinajstić information content (AvgIpc) is 2.59. The normalized spacial score (nSPS) is 12.3. The van der Waals surface area contributed by atoms with Crippen molar-refractivity contribution >= 4 is 27.3 Å². The number of hydrogen-bond acceptors (Lipinski definition) is 5. The maximum atomic E-state index is 12.6. The molecule has 1 amide bonds. The number of nitrogens with one attached hydrogen (secondary N) is 1. The Hall–Kier alpha value is -2.94. The molecular formula is C20H25N3O5S. The number of sulfonamides is 1. The Balaban J connectivity index is 2.28. The summed E-state index contributed by atoms with van der Waals surface area (Å²) in [4.78, 5) is 23.1. The van der Waals surface area contributed by atoms with E-state index in [-0.39, 0.29) is 17.4 Å². The number of non-ortho nitro benzene ring substituents is 1. The molecule has 0 fully saturated rings. The molecule has 0 bridgehead atoms. The fraction of sp³-hybridized carbons (Fsp3) is 0.350. The van der Waals surface area contributed by atoms with Gasteiger partial charge < -0.3 is 5.32 Å². The van der Waals surface area contributed by atoms with E-state index < -0.39 is 27.4 Å². The van der Waals surface area contributed by atoms with Crippen molar-refractivity contribution in [2.24, 2.45) is 0 Å². The summed E-state index contributed by atoms with van der Waals surface area (Å²) in [5.74, 6) is -0.506. The molecule has 0 radical (unpaired) electrons. The van der Waals surface area contributed by atoms with Crippen LogP contribution in [0.1, 0.15) is 35.2 Å². The highest BCUT2D eigenvalue weighted by atomic mass is 32.2. The third kappa shape index (κ3) is 5.54. The summed E-state index contributed by atoms with van der Waals surface area (Å²) in [6.07, 6.45) is 0.964. The van der Waals surface area contributed by atoms with Crippen LogP contribution in [0.15, 0.2) is 36.4 Å². The summed E-state index contributed by atoms with van der Waals surface area (Å²) in [5, 5.41) is 13.9. The summed E-state index contributed by atoms with van der Waals surface area (Å²) in [5.41, 5.74) is 3.43. The van der Waals surface area contributed by atoms with Gasteiger partial charge in [0.15, 0.2) is 0 Å². The molecule has 8 nitrogen and oxygen atoms in total. The molecule has 2 aromatic rings. The van der Waals surface area contributed by atoms with Gasteiger partial charge in [-0.15, -0.1) is 0 Å². The van der Waals surface area contributed by atoms with Gasteiger partial charge in [0.1, 0.15) is 6.54 Å². The van der Waals surface area contributed by atoms with Crippen LogP contribution in [-0.4, -0.2) is 32.0 Å². The highest BCUT2D eigenvalue weighted by Gasteiger charge is 2.25. The Morgan fingerprint density at radius 1 is 1.14 bits per heavy atom. The third-order valence-corrected chi connectivity index (χ3v) is 5.76. The second kappa shape index (κ2) is 8.60. The molecule has 0 unspecified atom stereocenters. The SMILES string of the molecule is Cc1ccc([C@H](C)NC(=O)CN(c2cc([N+](=O)[O-])ccc2C)S(C)(=O)=O)c(C)c1. The van der Waals surface area contributed by atoms with Crippen molar-refractivity contribution < 1.29 is 18.1 Å². The number of nitro benzene ring substituents is 1. The number of carbonyl (C=O) groups is 1. The zero-order valence-electron chi connectivity index (χ0n) is 17.1. The van der Waals surface area contributed by atoms with Gasteiger partial charge >= 0.3 is 0 Å². The highest BCUT2D eigenvalue weighted by molar-refractivity contribution is 7.92. The summed E-state index contributed by atoms with van der Waals surface area (Å²) >= 11 is 0. The molecule has 1 N–H and O–H groups in total. The predicted octanol–water partition coefficient (Wildman–Crippen LogP) is 3.16. The van der Waals surface area contributed by atoms with Crippen molar-refractivity contribution in [3.8, 4) is 0 Å². The number of hydrogen-bond donors (Lipinski definition) is 1. The molecule has 0 saturated heterocycles. The molecule has 0 aliphatic heterocycles. The molecule has 2 rings (SSSR count). The summed E-state index contributed by atoms with van der Waals surface area (Å²) in [6, 6.07) is 9.47. The van der Waals surface area contributed by atoms with E-state index in [1.165, 1.54) is 12.1 Å². The van der Waals surface area contributed by atoms with Gasteiger partial charge in [-0.05, 0) is 44.4 Å². The average molecular weight is 420 g/mol. The van der Waals surface area contributed by atoms with Gasteiger partial charge in [-0.1, -0.05) is 29.8 Å². The highest BCUT2D eigenvalue weighted by Crippen LogP contribution is 2.27. The smallest absolute Gasteiger partial charge is 0.271 e. The lowest BCUT2D eigenvalue weighted by molar-refractivity contribution is -0.384. The van der Waals surface area contributed by atoms with Crippen LogP contribution in [0.5, 0.6) is 0 Å². The van der Waals surface area contributed by atoms with Gasteiger partial charge in [-0.25, -0.2) is 8.42 Å². The Bertz CT molecular complexity index is 1050. The van der Waals surface area contributed by atoms with Crippen molar-refractivity contribution in [1.29, 1.82) is 0 Å². The molecule has 0 spiro atoms. The second-order valence-corrected chi connectivity index (χ2v) is 9.05. The minimum absolute atomic E-state index is 0.107. The summed E-state index contributed by atoms with van der Waals surface area (Å²) in [7, 11) is -3.84. The number of anilines is 1. The maximum absolute atomic E-state index is 12.6. The van der Waals surface area contributed by atoms with Crippen LogP contribution < -0.4 is 9.62 Å². The van der Waals surface area contributed by atoms with E-state index >= 15 is 0 Å². The standard InChI is InChI=1S/C20H25N3O5S/c1-13-6-9-18(15(3)10-13)16(4)21-20(24)12-22(29(5,27)28)19-11-17(23(25)26)8-7-14(19)2/h6-11,16H,12H2,1-5H3,(H,21,24)/t16-/m0/s1. The first kappa shape index (κ1) is 22.4. The lowest BCUT2D eigenvalue weighted by atomic mass is 10.0. The number of nitro groups is 1. The van der Waals surface area contributed by atoms with Crippen molar-refractivity contribution in [2.75, 3.05) is 17.1 Å². The van der Waals surface area contributed by atoms with Gasteiger partial charge in [-0.2, -0.15) is 0 Å². The number of amides is 1. The second-order valence-electron chi connectivity index (χ2n) is 7.15. The van der Waals surface area contributed by atoms with E-state index in [4.69, 9.17) is 0 Å². The Kier molecular flexibility index (Phi) is 6.63. The molecule has 0 heterocycles. The van der Waals surface area contributed by atoms with E-state index in [9.17, 15) is 23.3 Å². The number of nitrogens with zero attached hydrogens (tertiary/aromatic N) is 2. The van der Waals surface area contributed by atoms with Gasteiger partial charge in [-0.3, -0.25) is 19.2 Å². The van der Waals surface area contributed by atoms with E-state index in [0.717, 1.165) is 33.3 Å². The molecule has 0 saturated carbocycles. The molecule has 0 aliphatic rings. The van der Waals surface area contributed by atoms with Crippen LogP contribution in [0.25, 0.3) is 0 Å². The molecular weight excluding hydrogens is 394 g/mol. The first-order valence-electron chi connectivity index (χ1n) is 8.99. The monoisotopic (exact) mass is 419 g/mol. The Labute approximate surface area is 170 Å². The minimum atomic E-state index is -3.84. The first-order valence-corrected chi connectivity index (χ1v) is 10.8. The Morgan fingerprint density at radius 2 is 1.79 bits per heavy atom. The lowest BCUT2D eigenvalue weighted by Crippen LogP contribution is -2.41. The lowest BCUT2D eigenvalue weighted by Gasteiger charge is -2.25. The zero-order chi connectivity index (χ0) is 21.9. The van der Waals surface area contributed by atoms with Crippen LogP contribution >= 0.6 is 0 Å². The van der Waals surface area contributed by atoms with Gasteiger partial charge in [0.25, 0.3) is 5.69 Å². The molecule has 0 aliphatic carbocycles. The minimum Gasteiger partial charge on any atom is -0.348 e. The molecule has 29 heavy (non-hydrogen) atoms. The third-order valence-electron chi connectivity index (χ3n) is 4.63. The fourth-order valence-corrected chi connectivity index (χ4v) is 4.07. The number of aryl methyl sites for hydroxylation is 3. The van der Waals surface area contributed by atoms with E-state index in [1.807, 2.05) is 39.0 Å². The summed E-state index contributed by atoms with van der Waals surface area (Å²) < 4.78 is 25.5. The number of rotatable bonds is 7. The van der Waals surface area contributed by atoms with Gasteiger partial charge in [0.05, 0.1) is 22.9 Å². The largest absolute Gasteiger partial charge is 0.348 e. The van der Waals surface area contributed by atoms with Crippen molar-refractivity contribution in [1.82, 2.24) is 5.32 Å². The first-order chi connectivity index (χ1) is 13.4. The topological polar surface area (TPSA) is 110 Å².